The SMILES string of the molecule is C=CCC(NCC)c1ccc(C(F)(F)F)cc1C. The van der Waals surface area contributed by atoms with Crippen molar-refractivity contribution in [3.05, 3.63) is 47.5 Å². The number of rotatable bonds is 5. The zero-order chi connectivity index (χ0) is 13.8. The number of aryl methyl sites for hydroxylation is 1. The van der Waals surface area contributed by atoms with Crippen LogP contribution in [-0.2, 0) is 6.18 Å². The second kappa shape index (κ2) is 6.05. The third-order valence-electron chi connectivity index (χ3n) is 2.83. The zero-order valence-electron chi connectivity index (χ0n) is 10.6. The Morgan fingerprint density at radius 3 is 2.50 bits per heavy atom. The topological polar surface area (TPSA) is 12.0 Å². The van der Waals surface area contributed by atoms with Gasteiger partial charge in [-0.1, -0.05) is 19.1 Å². The summed E-state index contributed by atoms with van der Waals surface area (Å²) in [6.45, 7) is 8.11. The molecule has 0 saturated carbocycles. The smallest absolute Gasteiger partial charge is 0.310 e. The lowest BCUT2D eigenvalue weighted by Gasteiger charge is -2.20. The maximum Gasteiger partial charge on any atom is 0.416 e. The second-order valence-corrected chi connectivity index (χ2v) is 4.20. The Bertz CT molecular complexity index is 410. The Morgan fingerprint density at radius 2 is 2.06 bits per heavy atom. The standard InChI is InChI=1S/C14H18F3N/c1-4-6-13(18-5-2)12-8-7-11(9-10(12)3)14(15,16)17/h4,7-9,13,18H,1,5-6H2,2-3H3. The van der Waals surface area contributed by atoms with Crippen LogP contribution in [0.4, 0.5) is 13.2 Å². The van der Waals surface area contributed by atoms with Gasteiger partial charge in [-0.15, -0.1) is 6.58 Å². The Kier molecular flexibility index (Phi) is 4.96. The van der Waals surface area contributed by atoms with E-state index in [1.54, 1.807) is 19.1 Å². The minimum atomic E-state index is -4.28. The molecule has 0 spiro atoms. The molecule has 0 bridgehead atoms. The summed E-state index contributed by atoms with van der Waals surface area (Å²) in [6.07, 6.45) is -1.82. The minimum absolute atomic E-state index is 0.0229. The first-order valence-electron chi connectivity index (χ1n) is 5.92. The highest BCUT2D eigenvalue weighted by Crippen LogP contribution is 2.32. The van der Waals surface area contributed by atoms with Crippen LogP contribution in [0, 0.1) is 6.92 Å². The van der Waals surface area contributed by atoms with Gasteiger partial charge in [0, 0.05) is 6.04 Å². The van der Waals surface area contributed by atoms with Crippen molar-refractivity contribution in [1.82, 2.24) is 5.32 Å². The van der Waals surface area contributed by atoms with Gasteiger partial charge in [0.1, 0.15) is 0 Å². The third-order valence-corrected chi connectivity index (χ3v) is 2.83. The molecule has 1 aromatic rings. The zero-order valence-corrected chi connectivity index (χ0v) is 10.6. The molecule has 0 aliphatic heterocycles. The van der Waals surface area contributed by atoms with Crippen molar-refractivity contribution in [3.8, 4) is 0 Å². The average molecular weight is 257 g/mol. The molecule has 0 heterocycles. The monoisotopic (exact) mass is 257 g/mol. The van der Waals surface area contributed by atoms with Gasteiger partial charge in [0.2, 0.25) is 0 Å². The highest BCUT2D eigenvalue weighted by Gasteiger charge is 2.30. The van der Waals surface area contributed by atoms with E-state index >= 15 is 0 Å². The summed E-state index contributed by atoms with van der Waals surface area (Å²) >= 11 is 0. The molecular formula is C14H18F3N. The van der Waals surface area contributed by atoms with Crippen LogP contribution in [0.15, 0.2) is 30.9 Å². The summed E-state index contributed by atoms with van der Waals surface area (Å²) in [6, 6.07) is 3.91. The van der Waals surface area contributed by atoms with Crippen molar-refractivity contribution >= 4 is 0 Å². The lowest BCUT2D eigenvalue weighted by molar-refractivity contribution is -0.137. The second-order valence-electron chi connectivity index (χ2n) is 4.20. The number of nitrogens with one attached hydrogen (secondary N) is 1. The lowest BCUT2D eigenvalue weighted by Crippen LogP contribution is -2.21. The Morgan fingerprint density at radius 1 is 1.39 bits per heavy atom. The molecule has 0 fully saturated rings. The van der Waals surface area contributed by atoms with Crippen LogP contribution < -0.4 is 5.32 Å². The molecule has 0 amide bonds. The number of halogens is 3. The van der Waals surface area contributed by atoms with E-state index in [4.69, 9.17) is 0 Å². The Labute approximate surface area is 106 Å². The van der Waals surface area contributed by atoms with Crippen LogP contribution in [0.5, 0.6) is 0 Å². The summed E-state index contributed by atoms with van der Waals surface area (Å²) in [7, 11) is 0. The number of benzene rings is 1. The first-order chi connectivity index (χ1) is 8.40. The molecule has 1 nitrogen and oxygen atoms in total. The van der Waals surface area contributed by atoms with Crippen LogP contribution >= 0.6 is 0 Å². The molecular weight excluding hydrogens is 239 g/mol. The van der Waals surface area contributed by atoms with Crippen molar-refractivity contribution < 1.29 is 13.2 Å². The average Bonchev–Trinajstić information content (AvgIpc) is 2.27. The molecule has 4 heteroatoms. The quantitative estimate of drug-likeness (QED) is 0.778. The first kappa shape index (κ1) is 14.8. The molecule has 100 valence electrons. The fourth-order valence-corrected chi connectivity index (χ4v) is 1.98. The number of hydrogen-bond donors (Lipinski definition) is 1. The van der Waals surface area contributed by atoms with Crippen LogP contribution in [0.3, 0.4) is 0 Å². The van der Waals surface area contributed by atoms with Gasteiger partial charge in [0.15, 0.2) is 0 Å². The molecule has 1 N–H and O–H groups in total. The molecule has 1 atom stereocenters. The van der Waals surface area contributed by atoms with Gasteiger partial charge in [-0.05, 0) is 43.1 Å². The summed E-state index contributed by atoms with van der Waals surface area (Å²) in [5.41, 5.74) is 0.944. The summed E-state index contributed by atoms with van der Waals surface area (Å²) in [5, 5.41) is 3.25. The van der Waals surface area contributed by atoms with Crippen LogP contribution in [0.2, 0.25) is 0 Å². The van der Waals surface area contributed by atoms with E-state index in [1.807, 2.05) is 6.92 Å². The predicted octanol–water partition coefficient (Wildman–Crippen LogP) is 4.24. The lowest BCUT2D eigenvalue weighted by atomic mass is 9.96. The molecule has 1 rings (SSSR count). The molecule has 0 aliphatic carbocycles. The van der Waals surface area contributed by atoms with Gasteiger partial charge in [0.25, 0.3) is 0 Å². The predicted molar refractivity (Wildman–Crippen MR) is 67.4 cm³/mol. The normalized spacial score (nSPS) is 13.4. The van der Waals surface area contributed by atoms with E-state index in [0.29, 0.717) is 12.0 Å². The summed E-state index contributed by atoms with van der Waals surface area (Å²) in [5.74, 6) is 0. The Hall–Kier alpha value is -1.29. The van der Waals surface area contributed by atoms with Gasteiger partial charge in [-0.25, -0.2) is 0 Å². The summed E-state index contributed by atoms with van der Waals surface area (Å²) in [4.78, 5) is 0. The Balaban J connectivity index is 3.06. The largest absolute Gasteiger partial charge is 0.416 e. The van der Waals surface area contributed by atoms with Gasteiger partial charge >= 0.3 is 6.18 Å². The molecule has 0 radical (unpaired) electrons. The van der Waals surface area contributed by atoms with Gasteiger partial charge < -0.3 is 5.32 Å². The van der Waals surface area contributed by atoms with E-state index in [9.17, 15) is 13.2 Å². The van der Waals surface area contributed by atoms with Crippen molar-refractivity contribution in [1.29, 1.82) is 0 Å². The van der Waals surface area contributed by atoms with E-state index in [1.165, 1.54) is 6.07 Å². The van der Waals surface area contributed by atoms with Crippen molar-refractivity contribution in [2.45, 2.75) is 32.5 Å². The van der Waals surface area contributed by atoms with Crippen molar-refractivity contribution in [2.24, 2.45) is 0 Å². The maximum absolute atomic E-state index is 12.6. The van der Waals surface area contributed by atoms with Crippen molar-refractivity contribution in [3.63, 3.8) is 0 Å². The fourth-order valence-electron chi connectivity index (χ4n) is 1.98. The van der Waals surface area contributed by atoms with Gasteiger partial charge in [-0.3, -0.25) is 0 Å². The van der Waals surface area contributed by atoms with Gasteiger partial charge in [-0.2, -0.15) is 13.2 Å². The fraction of sp³-hybridized carbons (Fsp3) is 0.429. The minimum Gasteiger partial charge on any atom is -0.310 e. The van der Waals surface area contributed by atoms with E-state index in [-0.39, 0.29) is 6.04 Å². The van der Waals surface area contributed by atoms with Crippen LogP contribution in [-0.4, -0.2) is 6.54 Å². The molecule has 0 aromatic heterocycles. The molecule has 0 aliphatic rings. The van der Waals surface area contributed by atoms with Crippen molar-refractivity contribution in [2.75, 3.05) is 6.54 Å². The maximum atomic E-state index is 12.6. The number of hydrogen-bond acceptors (Lipinski definition) is 1. The summed E-state index contributed by atoms with van der Waals surface area (Å²) < 4.78 is 37.7. The van der Waals surface area contributed by atoms with Crippen LogP contribution in [0.25, 0.3) is 0 Å². The molecule has 0 saturated heterocycles. The third kappa shape index (κ3) is 3.60. The molecule has 1 aromatic carbocycles. The van der Waals surface area contributed by atoms with E-state index < -0.39 is 11.7 Å². The molecule has 1 unspecified atom stereocenters. The van der Waals surface area contributed by atoms with Gasteiger partial charge in [0.05, 0.1) is 5.56 Å². The highest BCUT2D eigenvalue weighted by atomic mass is 19.4. The highest BCUT2D eigenvalue weighted by molar-refractivity contribution is 5.35. The number of alkyl halides is 3. The molecule has 18 heavy (non-hydrogen) atoms. The van der Waals surface area contributed by atoms with Crippen LogP contribution in [0.1, 0.15) is 36.1 Å². The van der Waals surface area contributed by atoms with E-state index in [0.717, 1.165) is 18.2 Å². The first-order valence-corrected chi connectivity index (χ1v) is 5.92. The van der Waals surface area contributed by atoms with E-state index in [2.05, 4.69) is 11.9 Å².